The number of esters is 1. The third kappa shape index (κ3) is 6.01. The highest BCUT2D eigenvalue weighted by Gasteiger charge is 2.16. The maximum atomic E-state index is 11.9. The van der Waals surface area contributed by atoms with Gasteiger partial charge in [-0.3, -0.25) is 14.7 Å². The summed E-state index contributed by atoms with van der Waals surface area (Å²) in [5.74, 6) is 1.09. The highest BCUT2D eigenvalue weighted by molar-refractivity contribution is 6.42. The SMILES string of the molecule is CCOC(=O)CCN(Cc1cccnc1)Cn1nc(C)nc1-c1ccc(Cl)c(Cl)c1. The Labute approximate surface area is 185 Å². The number of halogens is 2. The summed E-state index contributed by atoms with van der Waals surface area (Å²) < 4.78 is 6.88. The fraction of sp³-hybridized carbons (Fsp3) is 0.333. The molecular formula is C21H23Cl2N5O2. The highest BCUT2D eigenvalue weighted by Crippen LogP contribution is 2.28. The molecular weight excluding hydrogens is 425 g/mol. The predicted molar refractivity (Wildman–Crippen MR) is 116 cm³/mol. The molecule has 0 aliphatic rings. The lowest BCUT2D eigenvalue weighted by molar-refractivity contribution is -0.143. The summed E-state index contributed by atoms with van der Waals surface area (Å²) in [6.07, 6.45) is 3.82. The maximum absolute atomic E-state index is 11.9. The van der Waals surface area contributed by atoms with E-state index in [0.29, 0.717) is 48.1 Å². The molecule has 0 aliphatic heterocycles. The first kappa shape index (κ1) is 22.2. The second-order valence-corrected chi connectivity index (χ2v) is 7.54. The van der Waals surface area contributed by atoms with Crippen molar-refractivity contribution in [1.82, 2.24) is 24.6 Å². The minimum atomic E-state index is -0.229. The second kappa shape index (κ2) is 10.5. The van der Waals surface area contributed by atoms with E-state index >= 15 is 0 Å². The summed E-state index contributed by atoms with van der Waals surface area (Å²) in [5.41, 5.74) is 1.85. The molecule has 158 valence electrons. The standard InChI is InChI=1S/C21H23Cl2N5O2/c1-3-30-20(29)8-10-27(13-16-5-4-9-24-12-16)14-28-21(25-15(2)26-28)17-6-7-18(22)19(23)11-17/h4-7,9,11-12H,3,8,10,13-14H2,1-2H3. The van der Waals surface area contributed by atoms with Gasteiger partial charge in [-0.1, -0.05) is 29.3 Å². The van der Waals surface area contributed by atoms with Crippen molar-refractivity contribution in [2.24, 2.45) is 0 Å². The van der Waals surface area contributed by atoms with E-state index in [4.69, 9.17) is 27.9 Å². The van der Waals surface area contributed by atoms with Gasteiger partial charge in [0.15, 0.2) is 5.82 Å². The molecule has 0 amide bonds. The van der Waals surface area contributed by atoms with Crippen molar-refractivity contribution in [3.63, 3.8) is 0 Å². The molecule has 0 N–H and O–H groups in total. The Morgan fingerprint density at radius 2 is 2.07 bits per heavy atom. The van der Waals surface area contributed by atoms with Crippen LogP contribution < -0.4 is 0 Å². The molecule has 0 bridgehead atoms. The molecule has 30 heavy (non-hydrogen) atoms. The largest absolute Gasteiger partial charge is 0.466 e. The number of ether oxygens (including phenoxy) is 1. The summed E-state index contributed by atoms with van der Waals surface area (Å²) in [4.78, 5) is 22.7. The molecule has 0 spiro atoms. The Balaban J connectivity index is 1.84. The van der Waals surface area contributed by atoms with Crippen molar-refractivity contribution < 1.29 is 9.53 Å². The van der Waals surface area contributed by atoms with Crippen molar-refractivity contribution in [3.8, 4) is 11.4 Å². The Hall–Kier alpha value is -2.48. The van der Waals surface area contributed by atoms with E-state index in [1.165, 1.54) is 0 Å². The van der Waals surface area contributed by atoms with Crippen molar-refractivity contribution in [2.75, 3.05) is 13.2 Å². The first-order chi connectivity index (χ1) is 14.5. The Morgan fingerprint density at radius 1 is 1.23 bits per heavy atom. The summed E-state index contributed by atoms with van der Waals surface area (Å²) >= 11 is 12.2. The average molecular weight is 448 g/mol. The molecule has 1 aromatic carbocycles. The summed E-state index contributed by atoms with van der Waals surface area (Å²) in [6, 6.07) is 9.25. The fourth-order valence-corrected chi connectivity index (χ4v) is 3.32. The van der Waals surface area contributed by atoms with E-state index in [9.17, 15) is 4.79 Å². The molecule has 0 unspecified atom stereocenters. The molecule has 0 aliphatic carbocycles. The summed E-state index contributed by atoms with van der Waals surface area (Å²) in [6.45, 7) is 5.55. The van der Waals surface area contributed by atoms with Crippen LogP contribution in [0.3, 0.4) is 0 Å². The lowest BCUT2D eigenvalue weighted by atomic mass is 10.2. The number of hydrogen-bond donors (Lipinski definition) is 0. The Kier molecular flexibility index (Phi) is 7.79. The molecule has 0 saturated carbocycles. The lowest BCUT2D eigenvalue weighted by Crippen LogP contribution is -2.30. The van der Waals surface area contributed by atoms with Crippen LogP contribution in [0.25, 0.3) is 11.4 Å². The molecule has 3 rings (SSSR count). The number of aromatic nitrogens is 4. The van der Waals surface area contributed by atoms with Crippen LogP contribution in [0.1, 0.15) is 24.7 Å². The van der Waals surface area contributed by atoms with Gasteiger partial charge in [0.1, 0.15) is 5.82 Å². The van der Waals surface area contributed by atoms with E-state index in [1.807, 2.05) is 31.3 Å². The maximum Gasteiger partial charge on any atom is 0.307 e. The molecule has 2 heterocycles. The zero-order valence-electron chi connectivity index (χ0n) is 16.9. The smallest absolute Gasteiger partial charge is 0.307 e. The van der Waals surface area contributed by atoms with E-state index in [0.717, 1.165) is 11.1 Å². The number of nitrogens with zero attached hydrogens (tertiary/aromatic N) is 5. The van der Waals surface area contributed by atoms with Gasteiger partial charge in [0, 0.05) is 31.0 Å². The highest BCUT2D eigenvalue weighted by atomic mass is 35.5. The monoisotopic (exact) mass is 447 g/mol. The van der Waals surface area contributed by atoms with Gasteiger partial charge < -0.3 is 4.74 Å². The van der Waals surface area contributed by atoms with Crippen molar-refractivity contribution in [2.45, 2.75) is 33.5 Å². The second-order valence-electron chi connectivity index (χ2n) is 6.72. The third-order valence-corrected chi connectivity index (χ3v) is 5.09. The molecule has 7 nitrogen and oxygen atoms in total. The van der Waals surface area contributed by atoms with Crippen LogP contribution in [0, 0.1) is 6.92 Å². The van der Waals surface area contributed by atoms with Crippen LogP contribution in [-0.2, 0) is 22.7 Å². The number of hydrogen-bond acceptors (Lipinski definition) is 6. The first-order valence-electron chi connectivity index (χ1n) is 9.60. The lowest BCUT2D eigenvalue weighted by Gasteiger charge is -2.22. The van der Waals surface area contributed by atoms with E-state index in [1.54, 1.807) is 29.9 Å². The molecule has 2 aromatic heterocycles. The van der Waals surface area contributed by atoms with E-state index in [-0.39, 0.29) is 12.4 Å². The van der Waals surface area contributed by atoms with Gasteiger partial charge >= 0.3 is 5.97 Å². The van der Waals surface area contributed by atoms with Crippen LogP contribution in [0.5, 0.6) is 0 Å². The van der Waals surface area contributed by atoms with Gasteiger partial charge in [-0.05, 0) is 43.7 Å². The number of rotatable bonds is 9. The molecule has 3 aromatic rings. The van der Waals surface area contributed by atoms with Crippen molar-refractivity contribution in [3.05, 3.63) is 64.2 Å². The van der Waals surface area contributed by atoms with Gasteiger partial charge in [-0.2, -0.15) is 5.10 Å². The molecule has 0 radical (unpaired) electrons. The zero-order valence-corrected chi connectivity index (χ0v) is 18.4. The molecule has 0 atom stereocenters. The Bertz CT molecular complexity index is 994. The molecule has 0 saturated heterocycles. The van der Waals surface area contributed by atoms with Crippen molar-refractivity contribution >= 4 is 29.2 Å². The summed E-state index contributed by atoms with van der Waals surface area (Å²) in [5, 5.41) is 5.48. The molecule has 0 fully saturated rings. The van der Waals surface area contributed by atoms with Crippen molar-refractivity contribution in [1.29, 1.82) is 0 Å². The third-order valence-electron chi connectivity index (χ3n) is 4.36. The van der Waals surface area contributed by atoms with Crippen LogP contribution in [-0.4, -0.2) is 43.8 Å². The van der Waals surface area contributed by atoms with E-state index in [2.05, 4.69) is 20.0 Å². The minimum Gasteiger partial charge on any atom is -0.466 e. The quantitative estimate of drug-likeness (QED) is 0.453. The number of aryl methyl sites for hydroxylation is 1. The summed E-state index contributed by atoms with van der Waals surface area (Å²) in [7, 11) is 0. The van der Waals surface area contributed by atoms with Crippen LogP contribution >= 0.6 is 23.2 Å². The predicted octanol–water partition coefficient (Wildman–Crippen LogP) is 4.37. The topological polar surface area (TPSA) is 73.1 Å². The normalized spacial score (nSPS) is 11.1. The average Bonchev–Trinajstić information content (AvgIpc) is 3.09. The zero-order chi connectivity index (χ0) is 21.5. The molecule has 9 heteroatoms. The number of carbonyl (C=O) groups is 1. The van der Waals surface area contributed by atoms with Gasteiger partial charge in [0.05, 0.1) is 29.7 Å². The fourth-order valence-electron chi connectivity index (χ4n) is 3.02. The number of carbonyl (C=O) groups excluding carboxylic acids is 1. The van der Waals surface area contributed by atoms with Gasteiger partial charge in [-0.25, -0.2) is 9.67 Å². The van der Waals surface area contributed by atoms with Crippen LogP contribution in [0.4, 0.5) is 0 Å². The number of benzene rings is 1. The van der Waals surface area contributed by atoms with Gasteiger partial charge in [0.25, 0.3) is 0 Å². The van der Waals surface area contributed by atoms with Gasteiger partial charge in [-0.15, -0.1) is 0 Å². The first-order valence-corrected chi connectivity index (χ1v) is 10.4. The van der Waals surface area contributed by atoms with Crippen LogP contribution in [0.15, 0.2) is 42.7 Å². The Morgan fingerprint density at radius 3 is 2.77 bits per heavy atom. The number of pyridine rings is 1. The van der Waals surface area contributed by atoms with Gasteiger partial charge in [0.2, 0.25) is 0 Å². The van der Waals surface area contributed by atoms with Crippen LogP contribution in [0.2, 0.25) is 10.0 Å². The minimum absolute atomic E-state index is 0.229. The van der Waals surface area contributed by atoms with E-state index < -0.39 is 0 Å².